The second kappa shape index (κ2) is 7.53. The van der Waals surface area contributed by atoms with E-state index in [4.69, 9.17) is 0 Å². The minimum atomic E-state index is 0.493. The van der Waals surface area contributed by atoms with Gasteiger partial charge in [-0.3, -0.25) is 4.90 Å². The average Bonchev–Trinajstić information content (AvgIpc) is 3.09. The van der Waals surface area contributed by atoms with Crippen molar-refractivity contribution in [1.29, 1.82) is 0 Å². The van der Waals surface area contributed by atoms with Crippen molar-refractivity contribution in [3.05, 3.63) is 54.1 Å². The monoisotopic (exact) mass is 352 g/mol. The minimum absolute atomic E-state index is 0.493. The van der Waals surface area contributed by atoms with Crippen molar-refractivity contribution in [1.82, 2.24) is 19.4 Å². The molecular formula is C22H32N4. The lowest BCUT2D eigenvalue weighted by molar-refractivity contribution is 0.0130. The first-order valence-corrected chi connectivity index (χ1v) is 10.1. The first kappa shape index (κ1) is 17.7. The van der Waals surface area contributed by atoms with Crippen LogP contribution in [0.4, 0.5) is 0 Å². The summed E-state index contributed by atoms with van der Waals surface area (Å²) in [5.74, 6) is 1.87. The van der Waals surface area contributed by atoms with Crippen LogP contribution in [0, 0.1) is 5.41 Å². The van der Waals surface area contributed by atoms with Crippen LogP contribution >= 0.6 is 0 Å². The number of aromatic nitrogens is 2. The first-order valence-electron chi connectivity index (χ1n) is 10.1. The Morgan fingerprint density at radius 3 is 2.54 bits per heavy atom. The molecule has 4 heteroatoms. The summed E-state index contributed by atoms with van der Waals surface area (Å²) < 4.78 is 2.15. The van der Waals surface area contributed by atoms with Gasteiger partial charge in [0.2, 0.25) is 0 Å². The molecule has 1 spiro atoms. The second-order valence-electron chi connectivity index (χ2n) is 8.37. The van der Waals surface area contributed by atoms with Crippen LogP contribution < -0.4 is 0 Å². The largest absolute Gasteiger partial charge is 0.337 e. The molecule has 0 radical (unpaired) electrons. The number of likely N-dealkylation sites (N-methyl/N-ethyl adjacent to an activating group) is 1. The molecule has 4 rings (SSSR count). The van der Waals surface area contributed by atoms with E-state index in [0.717, 1.165) is 6.54 Å². The molecule has 0 N–H and O–H groups in total. The predicted molar refractivity (Wildman–Crippen MR) is 106 cm³/mol. The molecule has 0 aliphatic carbocycles. The van der Waals surface area contributed by atoms with Gasteiger partial charge in [-0.1, -0.05) is 37.3 Å². The normalized spacial score (nSPS) is 24.2. The van der Waals surface area contributed by atoms with Crippen LogP contribution in [0.25, 0.3) is 0 Å². The summed E-state index contributed by atoms with van der Waals surface area (Å²) in [5, 5.41) is 0. The van der Waals surface area contributed by atoms with Crippen LogP contribution in [0.1, 0.15) is 43.5 Å². The van der Waals surface area contributed by atoms with E-state index >= 15 is 0 Å². The predicted octanol–water partition coefficient (Wildman–Crippen LogP) is 3.51. The molecule has 0 saturated carbocycles. The van der Waals surface area contributed by atoms with Gasteiger partial charge in [-0.2, -0.15) is 0 Å². The molecule has 0 unspecified atom stereocenters. The molecule has 1 aromatic carbocycles. The summed E-state index contributed by atoms with van der Waals surface area (Å²) in [7, 11) is 2.10. The summed E-state index contributed by atoms with van der Waals surface area (Å²) in [5.41, 5.74) is 2.02. The van der Waals surface area contributed by atoms with Gasteiger partial charge in [0.05, 0.1) is 6.54 Å². The minimum Gasteiger partial charge on any atom is -0.337 e. The van der Waals surface area contributed by atoms with Crippen molar-refractivity contribution in [2.45, 2.75) is 38.6 Å². The van der Waals surface area contributed by atoms with E-state index in [-0.39, 0.29) is 0 Å². The molecule has 0 bridgehead atoms. The lowest BCUT2D eigenvalue weighted by Gasteiger charge is -2.50. The molecule has 140 valence electrons. The summed E-state index contributed by atoms with van der Waals surface area (Å²) in [6, 6.07) is 11.2. The maximum atomic E-state index is 4.50. The number of likely N-dealkylation sites (tertiary alicyclic amines) is 2. The van der Waals surface area contributed by atoms with Crippen LogP contribution in [0.5, 0.6) is 0 Å². The first-order chi connectivity index (χ1) is 12.7. The van der Waals surface area contributed by atoms with Gasteiger partial charge in [0.1, 0.15) is 5.82 Å². The Bertz CT molecular complexity index is 700. The highest BCUT2D eigenvalue weighted by molar-refractivity contribution is 5.21. The van der Waals surface area contributed by atoms with Crippen LogP contribution in [-0.2, 0) is 13.6 Å². The van der Waals surface area contributed by atoms with Crippen LogP contribution in [0.3, 0.4) is 0 Å². The molecule has 2 aliphatic rings. The number of aryl methyl sites for hydroxylation is 1. The summed E-state index contributed by atoms with van der Waals surface area (Å²) in [6.07, 6.45) is 7.94. The number of hydrogen-bond acceptors (Lipinski definition) is 3. The van der Waals surface area contributed by atoms with Crippen LogP contribution in [-0.4, -0.2) is 52.1 Å². The van der Waals surface area contributed by atoms with E-state index in [1.165, 1.54) is 63.4 Å². The van der Waals surface area contributed by atoms with E-state index in [0.29, 0.717) is 11.3 Å². The topological polar surface area (TPSA) is 24.3 Å². The molecule has 26 heavy (non-hydrogen) atoms. The van der Waals surface area contributed by atoms with Gasteiger partial charge in [0.15, 0.2) is 0 Å². The van der Waals surface area contributed by atoms with Crippen molar-refractivity contribution in [2.75, 3.05) is 32.7 Å². The summed E-state index contributed by atoms with van der Waals surface area (Å²) in [6.45, 7) is 9.37. The highest BCUT2D eigenvalue weighted by atomic mass is 15.2. The Kier molecular flexibility index (Phi) is 5.14. The highest BCUT2D eigenvalue weighted by Crippen LogP contribution is 2.45. The Morgan fingerprint density at radius 2 is 1.88 bits per heavy atom. The van der Waals surface area contributed by atoms with Gasteiger partial charge < -0.3 is 9.47 Å². The Hall–Kier alpha value is -1.65. The third-order valence-electron chi connectivity index (χ3n) is 6.64. The van der Waals surface area contributed by atoms with Crippen LogP contribution in [0.15, 0.2) is 42.7 Å². The van der Waals surface area contributed by atoms with Crippen molar-refractivity contribution < 1.29 is 0 Å². The number of nitrogens with zero attached hydrogens (tertiary/aromatic N) is 4. The second-order valence-corrected chi connectivity index (χ2v) is 8.37. The number of piperidine rings is 2. The molecular weight excluding hydrogens is 320 g/mol. The number of imidazole rings is 1. The zero-order valence-electron chi connectivity index (χ0n) is 16.3. The van der Waals surface area contributed by atoms with Crippen molar-refractivity contribution in [3.8, 4) is 0 Å². The maximum Gasteiger partial charge on any atom is 0.122 e. The van der Waals surface area contributed by atoms with E-state index < -0.39 is 0 Å². The zero-order chi connectivity index (χ0) is 18.0. The fourth-order valence-electron chi connectivity index (χ4n) is 4.99. The molecule has 0 amide bonds. The zero-order valence-corrected chi connectivity index (χ0v) is 16.3. The lowest BCUT2D eigenvalue weighted by atomic mass is 9.68. The fourth-order valence-corrected chi connectivity index (χ4v) is 4.99. The summed E-state index contributed by atoms with van der Waals surface area (Å²) >= 11 is 0. The third-order valence-corrected chi connectivity index (χ3v) is 6.64. The molecule has 1 atom stereocenters. The molecule has 1 aromatic heterocycles. The molecule has 2 aliphatic heterocycles. The summed E-state index contributed by atoms with van der Waals surface area (Å²) in [4.78, 5) is 9.79. The molecule has 2 fully saturated rings. The van der Waals surface area contributed by atoms with E-state index in [2.05, 4.69) is 63.7 Å². The number of benzene rings is 1. The van der Waals surface area contributed by atoms with Crippen molar-refractivity contribution >= 4 is 0 Å². The lowest BCUT2D eigenvalue weighted by Crippen LogP contribution is -2.51. The molecule has 2 saturated heterocycles. The van der Waals surface area contributed by atoms with Gasteiger partial charge in [0, 0.05) is 32.5 Å². The van der Waals surface area contributed by atoms with E-state index in [1.807, 2.05) is 12.4 Å². The smallest absolute Gasteiger partial charge is 0.122 e. The Morgan fingerprint density at radius 1 is 1.12 bits per heavy atom. The maximum absolute atomic E-state index is 4.50. The fraction of sp³-hybridized carbons (Fsp3) is 0.591. The highest BCUT2D eigenvalue weighted by Gasteiger charge is 2.41. The van der Waals surface area contributed by atoms with E-state index in [9.17, 15) is 0 Å². The Labute approximate surface area is 157 Å². The quantitative estimate of drug-likeness (QED) is 0.841. The molecule has 3 heterocycles. The van der Waals surface area contributed by atoms with Crippen molar-refractivity contribution in [2.24, 2.45) is 12.5 Å². The van der Waals surface area contributed by atoms with Gasteiger partial charge >= 0.3 is 0 Å². The standard InChI is InChI=1S/C22H32N4/c1-3-25-16-20(19-7-5-4-6-8-19)15-22(18-25)9-12-26(13-10-22)17-21-23-11-14-24(21)2/h4-8,11,14,20H,3,9-10,12-13,15-18H2,1-2H3/t20-/m0/s1. The Balaban J connectivity index is 1.43. The SMILES string of the molecule is CCN1C[C@@H](c2ccccc2)CC2(CCN(Cc3nccn3C)CC2)C1. The number of hydrogen-bond donors (Lipinski definition) is 0. The van der Waals surface area contributed by atoms with Crippen LogP contribution in [0.2, 0.25) is 0 Å². The average molecular weight is 353 g/mol. The molecule has 2 aromatic rings. The van der Waals surface area contributed by atoms with Gasteiger partial charge in [-0.15, -0.1) is 0 Å². The van der Waals surface area contributed by atoms with Gasteiger partial charge in [-0.05, 0) is 55.8 Å². The third kappa shape index (κ3) is 3.72. The van der Waals surface area contributed by atoms with Crippen molar-refractivity contribution in [3.63, 3.8) is 0 Å². The van der Waals surface area contributed by atoms with Gasteiger partial charge in [0.25, 0.3) is 0 Å². The van der Waals surface area contributed by atoms with E-state index in [1.54, 1.807) is 0 Å². The molecule has 4 nitrogen and oxygen atoms in total. The number of rotatable bonds is 4. The van der Waals surface area contributed by atoms with Gasteiger partial charge in [-0.25, -0.2) is 4.98 Å².